The van der Waals surface area contributed by atoms with Crippen LogP contribution in [0.1, 0.15) is 6.92 Å². The second kappa shape index (κ2) is 5.45. The van der Waals surface area contributed by atoms with Crippen molar-refractivity contribution >= 4 is 33.3 Å². The van der Waals surface area contributed by atoms with Crippen LogP contribution in [0.2, 0.25) is 5.02 Å². The van der Waals surface area contributed by atoms with E-state index in [1.807, 2.05) is 0 Å². The molecule has 1 unspecified atom stereocenters. The van der Waals surface area contributed by atoms with E-state index in [9.17, 15) is 13.2 Å². The van der Waals surface area contributed by atoms with Crippen LogP contribution in [0.25, 0.3) is 0 Å². The highest BCUT2D eigenvalue weighted by Gasteiger charge is 2.28. The number of nitrogens with one attached hydrogen (secondary N) is 1. The van der Waals surface area contributed by atoms with Gasteiger partial charge in [0.1, 0.15) is 5.75 Å². The Kier molecular flexibility index (Phi) is 4.42. The number of carboxylic acid groups (broad SMARTS) is 1. The molecule has 0 radical (unpaired) electrons. The maximum atomic E-state index is 11.7. The van der Waals surface area contributed by atoms with Gasteiger partial charge in [0, 0.05) is 5.02 Å². The van der Waals surface area contributed by atoms with Crippen molar-refractivity contribution < 1.29 is 23.1 Å². The molecular formula is C10H12ClNO5S. The molecule has 0 saturated heterocycles. The zero-order chi connectivity index (χ0) is 13.9. The SMILES string of the molecule is COc1ccc(Cl)cc1NS(=O)(=O)C(C)C(=O)O. The molecule has 1 aromatic rings. The molecule has 0 aliphatic rings. The second-order valence-electron chi connectivity index (χ2n) is 3.47. The molecule has 1 atom stereocenters. The average Bonchev–Trinajstić information content (AvgIpc) is 2.27. The van der Waals surface area contributed by atoms with Gasteiger partial charge in [-0.25, -0.2) is 8.42 Å². The van der Waals surface area contributed by atoms with E-state index in [0.717, 1.165) is 6.92 Å². The molecule has 8 heteroatoms. The molecule has 0 saturated carbocycles. The average molecular weight is 294 g/mol. The summed E-state index contributed by atoms with van der Waals surface area (Å²) < 4.78 is 30.6. The third-order valence-corrected chi connectivity index (χ3v) is 4.10. The molecule has 0 spiro atoms. The number of aliphatic carboxylic acids is 1. The number of hydrogen-bond donors (Lipinski definition) is 2. The van der Waals surface area contributed by atoms with Crippen LogP contribution in [0.4, 0.5) is 5.69 Å². The highest BCUT2D eigenvalue weighted by Crippen LogP contribution is 2.29. The van der Waals surface area contributed by atoms with Crippen molar-refractivity contribution in [2.45, 2.75) is 12.2 Å². The molecular weight excluding hydrogens is 282 g/mol. The summed E-state index contributed by atoms with van der Waals surface area (Å²) in [6, 6.07) is 4.34. The van der Waals surface area contributed by atoms with E-state index >= 15 is 0 Å². The zero-order valence-corrected chi connectivity index (χ0v) is 11.2. The van der Waals surface area contributed by atoms with Gasteiger partial charge in [-0.3, -0.25) is 9.52 Å². The highest BCUT2D eigenvalue weighted by atomic mass is 35.5. The Morgan fingerprint density at radius 2 is 2.11 bits per heavy atom. The number of benzene rings is 1. The van der Waals surface area contributed by atoms with E-state index in [2.05, 4.69) is 4.72 Å². The van der Waals surface area contributed by atoms with Crippen molar-refractivity contribution in [3.8, 4) is 5.75 Å². The minimum atomic E-state index is -4.05. The van der Waals surface area contributed by atoms with Crippen molar-refractivity contribution in [1.29, 1.82) is 0 Å². The molecule has 2 N–H and O–H groups in total. The normalized spacial score (nSPS) is 12.8. The number of ether oxygens (including phenoxy) is 1. The van der Waals surface area contributed by atoms with Crippen LogP contribution in [0.15, 0.2) is 18.2 Å². The van der Waals surface area contributed by atoms with Crippen molar-refractivity contribution in [3.05, 3.63) is 23.2 Å². The quantitative estimate of drug-likeness (QED) is 0.859. The van der Waals surface area contributed by atoms with Crippen LogP contribution in [0, 0.1) is 0 Å². The van der Waals surface area contributed by atoms with Gasteiger partial charge < -0.3 is 9.84 Å². The van der Waals surface area contributed by atoms with E-state index in [0.29, 0.717) is 5.02 Å². The van der Waals surface area contributed by atoms with Gasteiger partial charge in [0.05, 0.1) is 12.8 Å². The Bertz CT molecular complexity index is 557. The minimum Gasteiger partial charge on any atom is -0.495 e. The van der Waals surface area contributed by atoms with Crippen LogP contribution >= 0.6 is 11.6 Å². The van der Waals surface area contributed by atoms with Crippen molar-refractivity contribution in [3.63, 3.8) is 0 Å². The summed E-state index contributed by atoms with van der Waals surface area (Å²) >= 11 is 5.74. The van der Waals surface area contributed by atoms with Gasteiger partial charge in [-0.2, -0.15) is 0 Å². The lowest BCUT2D eigenvalue weighted by atomic mass is 10.3. The molecule has 0 heterocycles. The molecule has 0 bridgehead atoms. The molecule has 6 nitrogen and oxygen atoms in total. The number of sulfonamides is 1. The van der Waals surface area contributed by atoms with Gasteiger partial charge in [-0.15, -0.1) is 0 Å². The van der Waals surface area contributed by atoms with Gasteiger partial charge >= 0.3 is 5.97 Å². The van der Waals surface area contributed by atoms with E-state index in [1.165, 1.54) is 25.3 Å². The molecule has 1 rings (SSSR count). The summed E-state index contributed by atoms with van der Waals surface area (Å²) in [6.07, 6.45) is 0. The second-order valence-corrected chi connectivity index (χ2v) is 5.91. The zero-order valence-electron chi connectivity index (χ0n) is 9.68. The Morgan fingerprint density at radius 3 is 2.61 bits per heavy atom. The number of anilines is 1. The monoisotopic (exact) mass is 293 g/mol. The van der Waals surface area contributed by atoms with Crippen LogP contribution in [-0.2, 0) is 14.8 Å². The first-order chi connectivity index (χ1) is 8.27. The van der Waals surface area contributed by atoms with E-state index < -0.39 is 21.2 Å². The smallest absolute Gasteiger partial charge is 0.323 e. The fourth-order valence-corrected chi connectivity index (χ4v) is 2.21. The van der Waals surface area contributed by atoms with Crippen molar-refractivity contribution in [2.24, 2.45) is 0 Å². The lowest BCUT2D eigenvalue weighted by molar-refractivity contribution is -0.136. The number of rotatable bonds is 5. The molecule has 1 aromatic carbocycles. The van der Waals surface area contributed by atoms with Gasteiger partial charge in [0.25, 0.3) is 0 Å². The number of hydrogen-bond acceptors (Lipinski definition) is 4. The maximum absolute atomic E-state index is 11.7. The van der Waals surface area contributed by atoms with E-state index in [1.54, 1.807) is 0 Å². The van der Waals surface area contributed by atoms with Crippen LogP contribution in [0.3, 0.4) is 0 Å². The predicted molar refractivity (Wildman–Crippen MR) is 67.6 cm³/mol. The summed E-state index contributed by atoms with van der Waals surface area (Å²) in [7, 11) is -2.69. The first-order valence-corrected chi connectivity index (χ1v) is 6.78. The Hall–Kier alpha value is -1.47. The number of carboxylic acids is 1. The first kappa shape index (κ1) is 14.6. The van der Waals surface area contributed by atoms with Crippen LogP contribution in [-0.4, -0.2) is 31.9 Å². The molecule has 0 aliphatic heterocycles. The summed E-state index contributed by atoms with van der Waals surface area (Å²) in [5.74, 6) is -1.19. The third kappa shape index (κ3) is 3.27. The maximum Gasteiger partial charge on any atom is 0.323 e. The highest BCUT2D eigenvalue weighted by molar-refractivity contribution is 7.94. The van der Waals surface area contributed by atoms with E-state index in [4.69, 9.17) is 21.4 Å². The predicted octanol–water partition coefficient (Wildman–Crippen LogP) is 1.56. The van der Waals surface area contributed by atoms with Gasteiger partial charge in [0.2, 0.25) is 10.0 Å². The van der Waals surface area contributed by atoms with Gasteiger partial charge in [-0.05, 0) is 25.1 Å². The van der Waals surface area contributed by atoms with Crippen LogP contribution in [0.5, 0.6) is 5.75 Å². The molecule has 0 aromatic heterocycles. The van der Waals surface area contributed by atoms with Gasteiger partial charge in [0.15, 0.2) is 5.25 Å². The fourth-order valence-electron chi connectivity index (χ4n) is 1.13. The van der Waals surface area contributed by atoms with Gasteiger partial charge in [-0.1, -0.05) is 11.6 Å². The fraction of sp³-hybridized carbons (Fsp3) is 0.300. The van der Waals surface area contributed by atoms with E-state index in [-0.39, 0.29) is 11.4 Å². The molecule has 0 fully saturated rings. The Labute approximate surface area is 110 Å². The molecule has 100 valence electrons. The summed E-state index contributed by atoms with van der Waals surface area (Å²) in [5, 5.41) is 7.42. The Morgan fingerprint density at radius 1 is 1.50 bits per heavy atom. The molecule has 18 heavy (non-hydrogen) atoms. The number of halogens is 1. The summed E-state index contributed by atoms with van der Waals surface area (Å²) in [5.41, 5.74) is 0.0955. The van der Waals surface area contributed by atoms with Crippen molar-refractivity contribution in [2.75, 3.05) is 11.8 Å². The summed E-state index contributed by atoms with van der Waals surface area (Å²) in [6.45, 7) is 1.07. The lowest BCUT2D eigenvalue weighted by Gasteiger charge is -2.14. The lowest BCUT2D eigenvalue weighted by Crippen LogP contribution is -2.32. The third-order valence-electron chi connectivity index (χ3n) is 2.23. The van der Waals surface area contributed by atoms with Crippen molar-refractivity contribution in [1.82, 2.24) is 0 Å². The molecule has 0 amide bonds. The number of methoxy groups -OCH3 is 1. The number of carbonyl (C=O) groups is 1. The minimum absolute atomic E-state index is 0.0955. The largest absolute Gasteiger partial charge is 0.495 e. The summed E-state index contributed by atoms with van der Waals surface area (Å²) in [4.78, 5) is 10.7. The topological polar surface area (TPSA) is 92.7 Å². The first-order valence-electron chi connectivity index (χ1n) is 4.86. The Balaban J connectivity index is 3.11. The molecule has 0 aliphatic carbocycles. The van der Waals surface area contributed by atoms with Crippen LogP contribution < -0.4 is 9.46 Å². The standard InChI is InChI=1S/C10H12ClNO5S/c1-6(10(13)14)18(15,16)12-8-5-7(11)3-4-9(8)17-2/h3-6,12H,1-2H3,(H,13,14).